The second-order valence-corrected chi connectivity index (χ2v) is 6.16. The van der Waals surface area contributed by atoms with Crippen LogP contribution in [-0.2, 0) is 6.42 Å². The van der Waals surface area contributed by atoms with Crippen molar-refractivity contribution in [1.29, 1.82) is 0 Å². The summed E-state index contributed by atoms with van der Waals surface area (Å²) in [6.07, 6.45) is 1.15. The monoisotopic (exact) mass is 279 g/mol. The summed E-state index contributed by atoms with van der Waals surface area (Å²) in [5, 5.41) is 9.55. The zero-order valence-corrected chi connectivity index (χ0v) is 13.2. The molecule has 3 heteroatoms. The van der Waals surface area contributed by atoms with Crippen molar-refractivity contribution in [1.82, 2.24) is 0 Å². The third-order valence-electron chi connectivity index (χ3n) is 3.31. The van der Waals surface area contributed by atoms with Crippen LogP contribution in [0.3, 0.4) is 0 Å². The maximum atomic E-state index is 9.55. The summed E-state index contributed by atoms with van der Waals surface area (Å²) in [6.45, 7) is 9.72. The Hall–Kier alpha value is -1.06. The lowest BCUT2D eigenvalue weighted by Crippen LogP contribution is -2.20. The Morgan fingerprint density at radius 1 is 1.20 bits per heavy atom. The number of rotatable bonds is 8. The van der Waals surface area contributed by atoms with Gasteiger partial charge < -0.3 is 15.6 Å². The van der Waals surface area contributed by atoms with Crippen molar-refractivity contribution in [3.63, 3.8) is 0 Å². The Morgan fingerprint density at radius 3 is 2.45 bits per heavy atom. The number of aliphatic hydroxyl groups excluding tert-OH is 1. The molecule has 0 amide bonds. The molecule has 1 atom stereocenters. The van der Waals surface area contributed by atoms with Gasteiger partial charge in [-0.25, -0.2) is 0 Å². The molecule has 3 nitrogen and oxygen atoms in total. The van der Waals surface area contributed by atoms with Crippen LogP contribution in [0.2, 0.25) is 0 Å². The van der Waals surface area contributed by atoms with Gasteiger partial charge in [-0.15, -0.1) is 0 Å². The van der Waals surface area contributed by atoms with Crippen molar-refractivity contribution in [3.05, 3.63) is 29.3 Å². The van der Waals surface area contributed by atoms with Crippen LogP contribution in [0.5, 0.6) is 5.75 Å². The quantitative estimate of drug-likeness (QED) is 0.769. The van der Waals surface area contributed by atoms with E-state index < -0.39 is 6.10 Å². The largest absolute Gasteiger partial charge is 0.493 e. The second-order valence-electron chi connectivity index (χ2n) is 6.16. The van der Waals surface area contributed by atoms with Gasteiger partial charge in [-0.2, -0.15) is 0 Å². The van der Waals surface area contributed by atoms with E-state index in [0.29, 0.717) is 24.8 Å². The lowest BCUT2D eigenvalue weighted by Gasteiger charge is -2.17. The van der Waals surface area contributed by atoms with Crippen molar-refractivity contribution >= 4 is 0 Å². The van der Waals surface area contributed by atoms with E-state index in [1.54, 1.807) is 0 Å². The molecule has 114 valence electrons. The fourth-order valence-electron chi connectivity index (χ4n) is 2.04. The number of hydrogen-bond acceptors (Lipinski definition) is 3. The zero-order valence-electron chi connectivity index (χ0n) is 13.2. The minimum absolute atomic E-state index is 0.326. The molecule has 0 saturated carbocycles. The molecular formula is C17H29NO2. The first-order valence-corrected chi connectivity index (χ1v) is 7.57. The highest BCUT2D eigenvalue weighted by molar-refractivity contribution is 5.39. The Labute approximate surface area is 123 Å². The van der Waals surface area contributed by atoms with Gasteiger partial charge in [0, 0.05) is 6.54 Å². The summed E-state index contributed by atoms with van der Waals surface area (Å²) in [7, 11) is 0. The Bertz CT molecular complexity index is 402. The molecule has 0 saturated heterocycles. The number of aliphatic hydroxyl groups is 1. The van der Waals surface area contributed by atoms with E-state index in [4.69, 9.17) is 10.5 Å². The summed E-state index contributed by atoms with van der Waals surface area (Å²) in [5.74, 6) is 1.93. The summed E-state index contributed by atoms with van der Waals surface area (Å²) >= 11 is 0. The van der Waals surface area contributed by atoms with Crippen molar-refractivity contribution in [2.75, 3.05) is 13.2 Å². The average molecular weight is 279 g/mol. The number of ether oxygens (including phenoxy) is 1. The van der Waals surface area contributed by atoms with Crippen molar-refractivity contribution in [2.45, 2.75) is 52.6 Å². The van der Waals surface area contributed by atoms with Crippen molar-refractivity contribution in [3.8, 4) is 5.75 Å². The van der Waals surface area contributed by atoms with E-state index in [1.165, 1.54) is 11.1 Å². The highest BCUT2D eigenvalue weighted by Crippen LogP contribution is 2.28. The van der Waals surface area contributed by atoms with Gasteiger partial charge in [-0.1, -0.05) is 39.8 Å². The van der Waals surface area contributed by atoms with Gasteiger partial charge in [0.25, 0.3) is 0 Å². The van der Waals surface area contributed by atoms with Crippen LogP contribution in [0.15, 0.2) is 18.2 Å². The van der Waals surface area contributed by atoms with Gasteiger partial charge in [0.05, 0.1) is 12.7 Å². The average Bonchev–Trinajstić information content (AvgIpc) is 2.42. The molecule has 1 aromatic carbocycles. The van der Waals surface area contributed by atoms with Gasteiger partial charge in [0.2, 0.25) is 0 Å². The van der Waals surface area contributed by atoms with Crippen molar-refractivity contribution < 1.29 is 9.84 Å². The van der Waals surface area contributed by atoms with E-state index in [2.05, 4.69) is 45.9 Å². The van der Waals surface area contributed by atoms with E-state index in [0.717, 1.165) is 18.8 Å². The lowest BCUT2D eigenvalue weighted by atomic mass is 9.97. The minimum atomic E-state index is -0.408. The van der Waals surface area contributed by atoms with Crippen LogP contribution < -0.4 is 10.5 Å². The van der Waals surface area contributed by atoms with Crippen LogP contribution in [0.1, 0.15) is 51.2 Å². The fourth-order valence-corrected chi connectivity index (χ4v) is 2.04. The number of aryl methyl sites for hydroxylation is 1. The molecule has 0 aliphatic heterocycles. The molecule has 0 spiro atoms. The smallest absolute Gasteiger partial charge is 0.122 e. The molecule has 0 radical (unpaired) electrons. The third kappa shape index (κ3) is 5.51. The summed E-state index contributed by atoms with van der Waals surface area (Å²) < 4.78 is 5.89. The van der Waals surface area contributed by atoms with Crippen LogP contribution in [0, 0.1) is 5.92 Å². The maximum Gasteiger partial charge on any atom is 0.122 e. The highest BCUT2D eigenvalue weighted by Gasteiger charge is 2.11. The first-order chi connectivity index (χ1) is 9.43. The predicted octanol–water partition coefficient (Wildman–Crippen LogP) is 3.10. The predicted molar refractivity (Wildman–Crippen MR) is 84.2 cm³/mol. The van der Waals surface area contributed by atoms with E-state index in [-0.39, 0.29) is 0 Å². The standard InChI is InChI=1S/C17H29NO2/c1-12(2)11-20-17-8-6-14(5-7-15(19)10-18)9-16(17)13(3)4/h6,8-9,12-13,15,19H,5,7,10-11,18H2,1-4H3. The normalized spacial score (nSPS) is 13.0. The molecule has 0 fully saturated rings. The SMILES string of the molecule is CC(C)COc1ccc(CCC(O)CN)cc1C(C)C. The first-order valence-electron chi connectivity index (χ1n) is 7.57. The molecule has 20 heavy (non-hydrogen) atoms. The third-order valence-corrected chi connectivity index (χ3v) is 3.31. The molecule has 0 bridgehead atoms. The molecule has 1 unspecified atom stereocenters. The number of benzene rings is 1. The molecule has 0 aromatic heterocycles. The van der Waals surface area contributed by atoms with Crippen LogP contribution in [0.4, 0.5) is 0 Å². The molecule has 0 aliphatic rings. The van der Waals surface area contributed by atoms with Gasteiger partial charge in [-0.05, 0) is 41.9 Å². The van der Waals surface area contributed by atoms with Gasteiger partial charge in [0.15, 0.2) is 0 Å². The molecule has 1 aromatic rings. The zero-order chi connectivity index (χ0) is 15.1. The topological polar surface area (TPSA) is 55.5 Å². The Kier molecular flexibility index (Phi) is 7.03. The van der Waals surface area contributed by atoms with E-state index in [9.17, 15) is 5.11 Å². The first kappa shape index (κ1) is 17.0. The van der Waals surface area contributed by atoms with Crippen LogP contribution >= 0.6 is 0 Å². The van der Waals surface area contributed by atoms with Gasteiger partial charge in [0.1, 0.15) is 5.75 Å². The van der Waals surface area contributed by atoms with Crippen LogP contribution in [0.25, 0.3) is 0 Å². The molecule has 0 heterocycles. The summed E-state index contributed by atoms with van der Waals surface area (Å²) in [5.41, 5.74) is 7.91. The fraction of sp³-hybridized carbons (Fsp3) is 0.647. The van der Waals surface area contributed by atoms with Crippen LogP contribution in [-0.4, -0.2) is 24.4 Å². The van der Waals surface area contributed by atoms with Crippen molar-refractivity contribution in [2.24, 2.45) is 11.7 Å². The Morgan fingerprint density at radius 2 is 1.90 bits per heavy atom. The molecule has 0 aliphatic carbocycles. The van der Waals surface area contributed by atoms with E-state index in [1.807, 2.05) is 0 Å². The maximum absolute atomic E-state index is 9.55. The molecule has 1 rings (SSSR count). The number of nitrogens with two attached hydrogens (primary N) is 1. The molecule has 3 N–H and O–H groups in total. The lowest BCUT2D eigenvalue weighted by molar-refractivity contribution is 0.173. The van der Waals surface area contributed by atoms with Gasteiger partial charge in [-0.3, -0.25) is 0 Å². The summed E-state index contributed by atoms with van der Waals surface area (Å²) in [6, 6.07) is 6.34. The van der Waals surface area contributed by atoms with Gasteiger partial charge >= 0.3 is 0 Å². The summed E-state index contributed by atoms with van der Waals surface area (Å²) in [4.78, 5) is 0. The minimum Gasteiger partial charge on any atom is -0.493 e. The van der Waals surface area contributed by atoms with E-state index >= 15 is 0 Å². The second kappa shape index (κ2) is 8.28. The highest BCUT2D eigenvalue weighted by atomic mass is 16.5. The molecular weight excluding hydrogens is 250 g/mol. The number of hydrogen-bond donors (Lipinski definition) is 2. The Balaban J connectivity index is 2.78.